The average Bonchev–Trinajstić information content (AvgIpc) is 2.96. The molecule has 7 nitrogen and oxygen atoms in total. The van der Waals surface area contributed by atoms with Crippen LogP contribution in [-0.2, 0) is 14.4 Å². The molecule has 4 aliphatic rings. The number of carbonyl (C=O) groups excluding carboxylic acids is 3. The van der Waals surface area contributed by atoms with Crippen molar-refractivity contribution >= 4 is 17.3 Å². The average molecular weight is 515 g/mol. The van der Waals surface area contributed by atoms with Crippen molar-refractivity contribution in [1.29, 1.82) is 0 Å². The first kappa shape index (κ1) is 27.9. The van der Waals surface area contributed by atoms with Gasteiger partial charge in [0.25, 0.3) is 0 Å². The lowest BCUT2D eigenvalue weighted by Crippen LogP contribution is -2.64. The Balaban J connectivity index is 1.82. The van der Waals surface area contributed by atoms with E-state index in [1.807, 2.05) is 26.8 Å². The van der Waals surface area contributed by atoms with Gasteiger partial charge in [-0.3, -0.25) is 14.4 Å². The van der Waals surface area contributed by atoms with Gasteiger partial charge in [0.2, 0.25) is 5.78 Å². The maximum Gasteiger partial charge on any atom is 0.206 e. The first-order valence-electron chi connectivity index (χ1n) is 13.2. The lowest BCUT2D eigenvalue weighted by Gasteiger charge is -2.63. The largest absolute Gasteiger partial charge is 0.505 e. The smallest absolute Gasteiger partial charge is 0.206 e. The molecule has 4 aliphatic carbocycles. The minimum Gasteiger partial charge on any atom is -0.505 e. The second-order valence-corrected chi connectivity index (χ2v) is 13.9. The molecule has 0 bridgehead atoms. The van der Waals surface area contributed by atoms with Crippen LogP contribution >= 0.6 is 0 Å². The molecule has 0 spiro atoms. The van der Waals surface area contributed by atoms with Crippen molar-refractivity contribution in [1.82, 2.24) is 0 Å². The van der Waals surface area contributed by atoms with Gasteiger partial charge in [0.05, 0.1) is 17.1 Å². The molecule has 1 unspecified atom stereocenters. The molecule has 8 atom stereocenters. The number of hydrogen-bond donors (Lipinski definition) is 4. The molecule has 0 amide bonds. The second-order valence-electron chi connectivity index (χ2n) is 13.9. The quantitative estimate of drug-likeness (QED) is 0.333. The Bertz CT molecular complexity index is 1150. The van der Waals surface area contributed by atoms with Crippen molar-refractivity contribution in [3.05, 3.63) is 35.6 Å². The predicted octanol–water partition coefficient (Wildman–Crippen LogP) is 3.62. The summed E-state index contributed by atoms with van der Waals surface area (Å²) in [5.41, 5.74) is -5.75. The third kappa shape index (κ3) is 3.60. The maximum absolute atomic E-state index is 14.2. The number of hydrogen-bond acceptors (Lipinski definition) is 7. The van der Waals surface area contributed by atoms with E-state index in [2.05, 4.69) is 0 Å². The highest BCUT2D eigenvalue weighted by Crippen LogP contribution is 2.73. The van der Waals surface area contributed by atoms with E-state index in [0.29, 0.717) is 12.8 Å². The van der Waals surface area contributed by atoms with Gasteiger partial charge in [0.15, 0.2) is 11.5 Å². The van der Waals surface area contributed by atoms with Crippen LogP contribution in [0.5, 0.6) is 0 Å². The lowest BCUT2D eigenvalue weighted by atomic mass is 9.39. The minimum atomic E-state index is -1.96. The Labute approximate surface area is 219 Å². The summed E-state index contributed by atoms with van der Waals surface area (Å²) in [6, 6.07) is 0. The molecule has 0 aliphatic heterocycles. The van der Waals surface area contributed by atoms with Gasteiger partial charge < -0.3 is 20.4 Å². The Hall–Kier alpha value is -2.09. The zero-order valence-electron chi connectivity index (χ0n) is 23.3. The number of allylic oxidation sites excluding steroid dienone is 4. The summed E-state index contributed by atoms with van der Waals surface area (Å²) in [7, 11) is 0. The van der Waals surface area contributed by atoms with E-state index < -0.39 is 56.6 Å². The molecule has 4 rings (SSSR count). The molecule has 0 aromatic rings. The summed E-state index contributed by atoms with van der Waals surface area (Å²) in [4.78, 5) is 40.1. The number of carbonyl (C=O) groups is 3. The third-order valence-electron chi connectivity index (χ3n) is 10.8. The van der Waals surface area contributed by atoms with E-state index in [4.69, 9.17) is 0 Å². The van der Waals surface area contributed by atoms with Crippen molar-refractivity contribution in [3.8, 4) is 0 Å². The summed E-state index contributed by atoms with van der Waals surface area (Å²) < 4.78 is 0. The third-order valence-corrected chi connectivity index (χ3v) is 10.8. The van der Waals surface area contributed by atoms with E-state index in [1.54, 1.807) is 13.8 Å². The molecule has 0 aromatic carbocycles. The molecule has 0 saturated heterocycles. The number of aliphatic hydroxyl groups is 4. The summed E-state index contributed by atoms with van der Waals surface area (Å²) in [5, 5.41) is 43.6. The molecule has 2 saturated carbocycles. The summed E-state index contributed by atoms with van der Waals surface area (Å²) in [6.45, 7) is 13.8. The number of aliphatic hydroxyl groups excluding tert-OH is 2. The van der Waals surface area contributed by atoms with Crippen LogP contribution in [-0.4, -0.2) is 55.1 Å². The molecule has 0 radical (unpaired) electrons. The molecule has 7 heteroatoms. The van der Waals surface area contributed by atoms with Crippen molar-refractivity contribution in [2.45, 2.75) is 92.0 Å². The Kier molecular flexibility index (Phi) is 6.01. The SMILES string of the molecule is CC(C)(O)C=CC(=O)[C@](C)(O)C1[C@@H](O)C[C@@]2(C)[C@H]3CC=C4[C@H](C=C(O)C(=O)C4(C)C)[C@@]3(C)C(=O)C[C@]12C. The summed E-state index contributed by atoms with van der Waals surface area (Å²) in [5.74, 6) is -2.98. The maximum atomic E-state index is 14.2. The van der Waals surface area contributed by atoms with Crippen LogP contribution in [0.4, 0.5) is 0 Å². The second kappa shape index (κ2) is 7.96. The highest BCUT2D eigenvalue weighted by atomic mass is 16.3. The van der Waals surface area contributed by atoms with Crippen molar-refractivity contribution < 1.29 is 34.8 Å². The topological polar surface area (TPSA) is 132 Å². The van der Waals surface area contributed by atoms with Gasteiger partial charge in [-0.25, -0.2) is 0 Å². The zero-order valence-corrected chi connectivity index (χ0v) is 23.3. The van der Waals surface area contributed by atoms with Crippen LogP contribution in [0, 0.1) is 39.4 Å². The van der Waals surface area contributed by atoms with Crippen LogP contribution in [0.15, 0.2) is 35.6 Å². The first-order chi connectivity index (χ1) is 16.7. The molecule has 0 heterocycles. The molecular formula is C30H42O7. The standard InChI is InChI=1S/C30H42O7/c1-25(2,36)12-11-21(33)30(8,37)23-19(32)14-27(5)20-10-9-16-17(13-18(31)24(35)26(16,3)4)29(20,7)22(34)15-28(23,27)6/h9,11-13,17,19-20,23,31-32,36-37H,10,14-15H2,1-8H3/t17-,19-,20+,23?,27-,28+,29+,30-/m0/s1. The highest BCUT2D eigenvalue weighted by Gasteiger charge is 2.74. The summed E-state index contributed by atoms with van der Waals surface area (Å²) in [6.07, 6.45) is 5.85. The molecule has 4 N–H and O–H groups in total. The van der Waals surface area contributed by atoms with Gasteiger partial charge in [-0.05, 0) is 76.4 Å². The highest BCUT2D eigenvalue weighted by molar-refractivity contribution is 6.02. The van der Waals surface area contributed by atoms with Gasteiger partial charge in [0, 0.05) is 23.7 Å². The van der Waals surface area contributed by atoms with Crippen LogP contribution in [0.1, 0.15) is 74.7 Å². The van der Waals surface area contributed by atoms with Crippen LogP contribution < -0.4 is 0 Å². The first-order valence-corrected chi connectivity index (χ1v) is 13.2. The Morgan fingerprint density at radius 2 is 1.65 bits per heavy atom. The van der Waals surface area contributed by atoms with Gasteiger partial charge >= 0.3 is 0 Å². The van der Waals surface area contributed by atoms with E-state index in [-0.39, 0.29) is 29.7 Å². The summed E-state index contributed by atoms with van der Waals surface area (Å²) >= 11 is 0. The molecular weight excluding hydrogens is 472 g/mol. The normalized spacial score (nSPS) is 42.9. The fourth-order valence-electron chi connectivity index (χ4n) is 8.58. The monoisotopic (exact) mass is 514 g/mol. The van der Waals surface area contributed by atoms with E-state index >= 15 is 0 Å². The van der Waals surface area contributed by atoms with Gasteiger partial charge in [-0.1, -0.05) is 38.5 Å². The Morgan fingerprint density at radius 3 is 2.22 bits per heavy atom. The van der Waals surface area contributed by atoms with Gasteiger partial charge in [-0.15, -0.1) is 0 Å². The number of rotatable bonds is 4. The minimum absolute atomic E-state index is 0.0453. The van der Waals surface area contributed by atoms with Gasteiger partial charge in [0.1, 0.15) is 11.4 Å². The van der Waals surface area contributed by atoms with E-state index in [0.717, 1.165) is 11.6 Å². The fraction of sp³-hybridized carbons (Fsp3) is 0.700. The van der Waals surface area contributed by atoms with Crippen LogP contribution in [0.2, 0.25) is 0 Å². The van der Waals surface area contributed by atoms with E-state index in [1.165, 1.54) is 32.9 Å². The molecule has 0 aromatic heterocycles. The zero-order chi connectivity index (χ0) is 28.1. The van der Waals surface area contributed by atoms with Crippen molar-refractivity contribution in [3.63, 3.8) is 0 Å². The Morgan fingerprint density at radius 1 is 1.05 bits per heavy atom. The fourth-order valence-corrected chi connectivity index (χ4v) is 8.58. The number of ketones is 3. The van der Waals surface area contributed by atoms with Crippen LogP contribution in [0.25, 0.3) is 0 Å². The van der Waals surface area contributed by atoms with Crippen molar-refractivity contribution in [2.75, 3.05) is 0 Å². The van der Waals surface area contributed by atoms with Crippen molar-refractivity contribution in [2.24, 2.45) is 39.4 Å². The molecule has 204 valence electrons. The van der Waals surface area contributed by atoms with Gasteiger partial charge in [-0.2, -0.15) is 0 Å². The number of fused-ring (bicyclic) bond motifs is 5. The van der Waals surface area contributed by atoms with Crippen LogP contribution in [0.3, 0.4) is 0 Å². The number of Topliss-reactive ketones (excluding diaryl/α,β-unsaturated/α-hetero) is 2. The van der Waals surface area contributed by atoms with E-state index in [9.17, 15) is 34.8 Å². The lowest BCUT2D eigenvalue weighted by molar-refractivity contribution is -0.179. The predicted molar refractivity (Wildman–Crippen MR) is 138 cm³/mol. The molecule has 2 fully saturated rings. The molecule has 37 heavy (non-hydrogen) atoms.